The molecule has 0 saturated heterocycles. The van der Waals surface area contributed by atoms with E-state index < -0.39 is 16.1 Å². The van der Waals surface area contributed by atoms with Crippen molar-refractivity contribution >= 4 is 32.1 Å². The number of rotatable bonds is 5. The van der Waals surface area contributed by atoms with Crippen LogP contribution in [0.5, 0.6) is 0 Å². The molecule has 10 nitrogen and oxygen atoms in total. The number of aromatic amines is 1. The van der Waals surface area contributed by atoms with Gasteiger partial charge in [-0.25, -0.2) is 19.2 Å². The van der Waals surface area contributed by atoms with Crippen LogP contribution in [-0.4, -0.2) is 33.0 Å². The number of anilines is 1. The first-order valence-electron chi connectivity index (χ1n) is 5.82. The van der Waals surface area contributed by atoms with E-state index in [9.17, 15) is 8.42 Å². The maximum absolute atomic E-state index is 12.6. The van der Waals surface area contributed by atoms with Crippen LogP contribution < -0.4 is 16.0 Å². The Bertz CT molecular complexity index is 850. The zero-order chi connectivity index (χ0) is 15.0. The van der Waals surface area contributed by atoms with E-state index in [0.29, 0.717) is 10.8 Å². The fourth-order valence-electron chi connectivity index (χ4n) is 1.88. The lowest BCUT2D eigenvalue weighted by atomic mass is 10.3. The summed E-state index contributed by atoms with van der Waals surface area (Å²) >= 11 is 1.31. The van der Waals surface area contributed by atoms with Crippen LogP contribution in [0.15, 0.2) is 22.9 Å². The van der Waals surface area contributed by atoms with E-state index in [1.807, 2.05) is 0 Å². The second-order valence-corrected chi connectivity index (χ2v) is 6.68. The molecule has 0 saturated carbocycles. The Balaban J connectivity index is 2.02. The van der Waals surface area contributed by atoms with Gasteiger partial charge in [0.25, 0.3) is 10.0 Å². The number of hydrazine groups is 1. The molecular weight excluding hydrogens is 316 g/mol. The predicted molar refractivity (Wildman–Crippen MR) is 76.0 cm³/mol. The highest BCUT2D eigenvalue weighted by molar-refractivity contribution is 7.89. The summed E-state index contributed by atoms with van der Waals surface area (Å²) in [5, 5.41) is 8.00. The van der Waals surface area contributed by atoms with Gasteiger partial charge in [-0.05, 0) is 6.92 Å². The Morgan fingerprint density at radius 2 is 2.33 bits per heavy atom. The molecule has 1 atom stereocenters. The summed E-state index contributed by atoms with van der Waals surface area (Å²) in [4.78, 5) is 8.56. The topological polar surface area (TPSA) is 143 Å². The minimum Gasteiger partial charge on any atom is -0.306 e. The Labute approximate surface area is 123 Å². The molecule has 3 heterocycles. The first-order chi connectivity index (χ1) is 10.0. The number of aromatic nitrogens is 5. The third-order valence-electron chi connectivity index (χ3n) is 2.79. The molecule has 3 aromatic rings. The summed E-state index contributed by atoms with van der Waals surface area (Å²) in [6, 6.07) is -0.577. The molecule has 0 aliphatic heterocycles. The molecule has 0 amide bonds. The number of hydrogen-bond acceptors (Lipinski definition) is 8. The van der Waals surface area contributed by atoms with Crippen molar-refractivity contribution < 1.29 is 8.42 Å². The van der Waals surface area contributed by atoms with Gasteiger partial charge < -0.3 is 5.43 Å². The molecule has 0 aliphatic rings. The van der Waals surface area contributed by atoms with Gasteiger partial charge in [0.2, 0.25) is 5.03 Å². The molecule has 0 fully saturated rings. The van der Waals surface area contributed by atoms with Crippen LogP contribution in [0.25, 0.3) is 4.96 Å². The lowest BCUT2D eigenvalue weighted by Crippen LogP contribution is -2.29. The quantitative estimate of drug-likeness (QED) is 0.376. The smallest absolute Gasteiger partial charge is 0.261 e. The minimum atomic E-state index is -3.85. The second kappa shape index (κ2) is 5.07. The van der Waals surface area contributed by atoms with Gasteiger partial charge in [-0.2, -0.15) is 14.8 Å². The number of fused-ring (bicyclic) bond motifs is 1. The van der Waals surface area contributed by atoms with Crippen molar-refractivity contribution in [3.63, 3.8) is 0 Å². The lowest BCUT2D eigenvalue weighted by Gasteiger charge is -2.12. The Kier molecular flexibility index (Phi) is 3.36. The van der Waals surface area contributed by atoms with Crippen molar-refractivity contribution in [1.82, 2.24) is 29.3 Å². The number of imidazole rings is 1. The van der Waals surface area contributed by atoms with Crippen LogP contribution in [0.2, 0.25) is 0 Å². The predicted octanol–water partition coefficient (Wildman–Crippen LogP) is -0.161. The summed E-state index contributed by atoms with van der Waals surface area (Å²) in [5.74, 6) is 5.85. The second-order valence-electron chi connectivity index (χ2n) is 4.18. The van der Waals surface area contributed by atoms with Crippen LogP contribution in [-0.2, 0) is 10.0 Å². The maximum atomic E-state index is 12.6. The van der Waals surface area contributed by atoms with Crippen molar-refractivity contribution in [2.45, 2.75) is 18.0 Å². The molecule has 5 N–H and O–H groups in total. The lowest BCUT2D eigenvalue weighted by molar-refractivity contribution is 0.556. The highest BCUT2D eigenvalue weighted by Gasteiger charge is 2.28. The van der Waals surface area contributed by atoms with Crippen molar-refractivity contribution in [3.8, 4) is 0 Å². The molecule has 12 heteroatoms. The van der Waals surface area contributed by atoms with Gasteiger partial charge in [-0.3, -0.25) is 9.50 Å². The van der Waals surface area contributed by atoms with E-state index in [-0.39, 0.29) is 10.8 Å². The van der Waals surface area contributed by atoms with E-state index >= 15 is 0 Å². The summed E-state index contributed by atoms with van der Waals surface area (Å²) in [5.41, 5.74) is 2.31. The highest BCUT2D eigenvalue weighted by Crippen LogP contribution is 2.25. The molecule has 1 unspecified atom stereocenters. The zero-order valence-corrected chi connectivity index (χ0v) is 12.4. The number of nitrogens with zero attached hydrogens (tertiary/aromatic N) is 4. The molecule has 0 spiro atoms. The number of H-pyrrole nitrogens is 1. The van der Waals surface area contributed by atoms with Crippen molar-refractivity contribution in [1.29, 1.82) is 0 Å². The van der Waals surface area contributed by atoms with E-state index in [1.54, 1.807) is 18.5 Å². The highest BCUT2D eigenvalue weighted by atomic mass is 32.2. The van der Waals surface area contributed by atoms with Crippen LogP contribution in [0, 0.1) is 0 Å². The largest absolute Gasteiger partial charge is 0.306 e. The maximum Gasteiger partial charge on any atom is 0.261 e. The average Bonchev–Trinajstić information content (AvgIpc) is 3.13. The third-order valence-corrected chi connectivity index (χ3v) is 5.10. The summed E-state index contributed by atoms with van der Waals surface area (Å²) in [6.07, 6.45) is 2.92. The van der Waals surface area contributed by atoms with E-state index in [4.69, 9.17) is 5.84 Å². The first-order valence-corrected chi connectivity index (χ1v) is 8.19. The standard InChI is InChI=1S/C9H12N8O2S2/c1-5(6-11-4-12-15-6)16-21(18,19)8-7(14-10)13-9-17(8)2-3-20-9/h2-5,14,16H,10H2,1H3,(H,11,12,15). The zero-order valence-electron chi connectivity index (χ0n) is 10.8. The molecule has 3 rings (SSSR count). The van der Waals surface area contributed by atoms with Gasteiger partial charge in [-0.15, -0.1) is 11.3 Å². The SMILES string of the molecule is CC(NS(=O)(=O)c1c(NN)nc2sccn12)c1ncn[nH]1. The van der Waals surface area contributed by atoms with Gasteiger partial charge in [0, 0.05) is 11.6 Å². The van der Waals surface area contributed by atoms with Crippen LogP contribution >= 0.6 is 11.3 Å². The molecular formula is C9H12N8O2S2. The number of sulfonamides is 1. The molecule has 21 heavy (non-hydrogen) atoms. The average molecular weight is 328 g/mol. The van der Waals surface area contributed by atoms with Gasteiger partial charge in [0.05, 0.1) is 6.04 Å². The number of nitrogens with two attached hydrogens (primary N) is 1. The number of hydrogen-bond donors (Lipinski definition) is 4. The Hall–Kier alpha value is -2.02. The fraction of sp³-hybridized carbons (Fsp3) is 0.222. The number of nitrogens with one attached hydrogen (secondary N) is 3. The van der Waals surface area contributed by atoms with Crippen molar-refractivity contribution in [2.24, 2.45) is 5.84 Å². The summed E-state index contributed by atoms with van der Waals surface area (Å²) < 4.78 is 29.1. The van der Waals surface area contributed by atoms with Gasteiger partial charge in [-0.1, -0.05) is 0 Å². The van der Waals surface area contributed by atoms with Crippen molar-refractivity contribution in [2.75, 3.05) is 5.43 Å². The van der Waals surface area contributed by atoms with Gasteiger partial charge in [0.1, 0.15) is 12.2 Å². The molecule has 3 aromatic heterocycles. The van der Waals surface area contributed by atoms with Gasteiger partial charge in [0.15, 0.2) is 10.8 Å². The van der Waals surface area contributed by atoms with Crippen LogP contribution in [0.4, 0.5) is 5.82 Å². The van der Waals surface area contributed by atoms with E-state index in [1.165, 1.54) is 22.1 Å². The Morgan fingerprint density at radius 1 is 1.52 bits per heavy atom. The summed E-state index contributed by atoms with van der Waals surface area (Å²) in [7, 11) is -3.85. The van der Waals surface area contributed by atoms with Crippen LogP contribution in [0.3, 0.4) is 0 Å². The monoisotopic (exact) mass is 328 g/mol. The minimum absolute atomic E-state index is 0.0485. The van der Waals surface area contributed by atoms with E-state index in [0.717, 1.165) is 0 Å². The number of nitrogen functional groups attached to an aromatic ring is 1. The molecule has 0 bridgehead atoms. The summed E-state index contributed by atoms with van der Waals surface area (Å²) in [6.45, 7) is 1.65. The van der Waals surface area contributed by atoms with E-state index in [2.05, 4.69) is 30.3 Å². The van der Waals surface area contributed by atoms with Crippen LogP contribution in [0.1, 0.15) is 18.8 Å². The molecule has 0 aromatic carbocycles. The molecule has 0 radical (unpaired) electrons. The normalized spacial score (nSPS) is 13.6. The molecule has 112 valence electrons. The Morgan fingerprint density at radius 3 is 3.00 bits per heavy atom. The third kappa shape index (κ3) is 2.37. The van der Waals surface area contributed by atoms with Crippen molar-refractivity contribution in [3.05, 3.63) is 23.7 Å². The first kappa shape index (κ1) is 13.9. The fourth-order valence-corrected chi connectivity index (χ4v) is 4.11. The number of thiazole rings is 1. The molecule has 0 aliphatic carbocycles. The van der Waals surface area contributed by atoms with Gasteiger partial charge >= 0.3 is 0 Å².